The summed E-state index contributed by atoms with van der Waals surface area (Å²) in [5.41, 5.74) is 1.73. The van der Waals surface area contributed by atoms with Gasteiger partial charge in [0, 0.05) is 59.2 Å². The minimum Gasteiger partial charge on any atom is -0.381 e. The molecule has 1 saturated heterocycles. The lowest BCUT2D eigenvalue weighted by Gasteiger charge is -2.27. The van der Waals surface area contributed by atoms with E-state index in [4.69, 9.17) is 4.74 Å². The highest BCUT2D eigenvalue weighted by Crippen LogP contribution is 2.38. The van der Waals surface area contributed by atoms with Crippen molar-refractivity contribution in [3.63, 3.8) is 0 Å². The van der Waals surface area contributed by atoms with Crippen LogP contribution in [0.4, 0.5) is 13.2 Å². The average molecular weight is 514 g/mol. The number of ketones is 1. The minimum atomic E-state index is -4.54. The number of benzene rings is 1. The van der Waals surface area contributed by atoms with Gasteiger partial charge in [-0.05, 0) is 50.5 Å². The van der Waals surface area contributed by atoms with E-state index >= 15 is 0 Å². The summed E-state index contributed by atoms with van der Waals surface area (Å²) in [6.07, 6.45) is 0.184. The first-order valence-electron chi connectivity index (χ1n) is 11.4. The molecule has 0 aliphatic carbocycles. The van der Waals surface area contributed by atoms with Gasteiger partial charge in [0.05, 0.1) is 11.1 Å². The first-order chi connectivity index (χ1) is 17.1. The number of thiazole rings is 1. The molecule has 0 N–H and O–H groups in total. The van der Waals surface area contributed by atoms with E-state index in [0.717, 1.165) is 29.6 Å². The first kappa shape index (κ1) is 24.3. The van der Waals surface area contributed by atoms with Crippen LogP contribution in [0.25, 0.3) is 32.6 Å². The maximum Gasteiger partial charge on any atom is 0.434 e. The Morgan fingerprint density at radius 2 is 1.92 bits per heavy atom. The second-order valence-electron chi connectivity index (χ2n) is 8.82. The van der Waals surface area contributed by atoms with Crippen LogP contribution in [0.5, 0.6) is 0 Å². The van der Waals surface area contributed by atoms with Gasteiger partial charge in [0.25, 0.3) is 0 Å². The molecule has 4 heterocycles. The molecule has 0 amide bonds. The molecule has 0 saturated carbocycles. The molecule has 0 unspecified atom stereocenters. The topological polar surface area (TPSA) is 74.1 Å². The molecule has 6 nitrogen and oxygen atoms in total. The van der Waals surface area contributed by atoms with E-state index in [1.54, 1.807) is 31.5 Å². The fraction of sp³-hybridized carbons (Fsp3) is 0.308. The Morgan fingerprint density at radius 1 is 1.17 bits per heavy atom. The van der Waals surface area contributed by atoms with E-state index in [2.05, 4.69) is 9.97 Å². The summed E-state index contributed by atoms with van der Waals surface area (Å²) < 4.78 is 47.0. The quantitative estimate of drug-likeness (QED) is 0.310. The third-order valence-electron chi connectivity index (χ3n) is 6.37. The van der Waals surface area contributed by atoms with Gasteiger partial charge in [-0.2, -0.15) is 13.2 Å². The number of carbonyl (C=O) groups is 1. The number of aryl methyl sites for hydroxylation is 1. The lowest BCUT2D eigenvalue weighted by atomic mass is 9.97. The Kier molecular flexibility index (Phi) is 6.25. The SMILES string of the molecule is CC(=O)c1cn(C2CCOCC2)c2ccc(-c3cnc(C)cc3-c3nc(C(F)(F)F)cs3)cc2c1=O. The van der Waals surface area contributed by atoms with Gasteiger partial charge in [-0.1, -0.05) is 6.07 Å². The first-order valence-corrected chi connectivity index (χ1v) is 12.3. The third kappa shape index (κ3) is 4.46. The van der Waals surface area contributed by atoms with Crippen LogP contribution >= 0.6 is 11.3 Å². The Labute approximate surface area is 208 Å². The van der Waals surface area contributed by atoms with Crippen molar-refractivity contribution in [3.8, 4) is 21.7 Å². The molecular weight excluding hydrogens is 491 g/mol. The highest BCUT2D eigenvalue weighted by atomic mass is 32.1. The van der Waals surface area contributed by atoms with Gasteiger partial charge in [0.2, 0.25) is 0 Å². The fourth-order valence-corrected chi connectivity index (χ4v) is 5.39. The number of carbonyl (C=O) groups excluding carboxylic acids is 1. The van der Waals surface area contributed by atoms with Crippen LogP contribution in [0.15, 0.2) is 46.8 Å². The lowest BCUT2D eigenvalue weighted by molar-refractivity contribution is -0.140. The number of aromatic nitrogens is 3. The lowest BCUT2D eigenvalue weighted by Crippen LogP contribution is -2.24. The van der Waals surface area contributed by atoms with Crippen LogP contribution in [0.2, 0.25) is 0 Å². The molecule has 1 aliphatic rings. The molecule has 3 aromatic heterocycles. The van der Waals surface area contributed by atoms with Crippen LogP contribution in [0.3, 0.4) is 0 Å². The zero-order chi connectivity index (χ0) is 25.6. The number of fused-ring (bicyclic) bond motifs is 1. The van der Waals surface area contributed by atoms with E-state index in [1.807, 2.05) is 16.7 Å². The summed E-state index contributed by atoms with van der Waals surface area (Å²) in [5, 5.41) is 1.56. The molecule has 0 bridgehead atoms. The molecule has 4 aromatic rings. The van der Waals surface area contributed by atoms with Crippen LogP contribution in [-0.2, 0) is 10.9 Å². The molecule has 1 aromatic carbocycles. The van der Waals surface area contributed by atoms with E-state index in [1.165, 1.54) is 6.92 Å². The maximum atomic E-state index is 13.3. The molecule has 186 valence electrons. The van der Waals surface area contributed by atoms with Gasteiger partial charge in [0.1, 0.15) is 5.01 Å². The molecule has 5 rings (SSSR count). The monoisotopic (exact) mass is 513 g/mol. The second-order valence-corrected chi connectivity index (χ2v) is 9.68. The number of nitrogens with zero attached hydrogens (tertiary/aromatic N) is 3. The summed E-state index contributed by atoms with van der Waals surface area (Å²) in [7, 11) is 0. The standard InChI is InChI=1S/C26H22F3N3O3S/c1-14-9-18(25-31-23(13-36-25)26(27,28)29)20(11-30-14)16-3-4-22-19(10-16)24(34)21(15(2)33)12-32(22)17-5-7-35-8-6-17/h3-4,9-13,17H,5-8H2,1-2H3. The number of hydrogen-bond acceptors (Lipinski definition) is 6. The number of alkyl halides is 3. The van der Waals surface area contributed by atoms with Crippen LogP contribution in [0.1, 0.15) is 47.6 Å². The van der Waals surface area contributed by atoms with Crippen LogP contribution in [0, 0.1) is 6.92 Å². The van der Waals surface area contributed by atoms with Crippen molar-refractivity contribution < 1.29 is 22.7 Å². The van der Waals surface area contributed by atoms with E-state index < -0.39 is 11.9 Å². The predicted octanol–water partition coefficient (Wildman–Crippen LogP) is 6.07. The largest absolute Gasteiger partial charge is 0.434 e. The zero-order valence-corrected chi connectivity index (χ0v) is 20.4. The highest BCUT2D eigenvalue weighted by Gasteiger charge is 2.34. The maximum absolute atomic E-state index is 13.3. The molecular formula is C26H22F3N3O3S. The molecule has 10 heteroatoms. The van der Waals surface area contributed by atoms with Crippen molar-refractivity contribution >= 4 is 28.0 Å². The average Bonchev–Trinajstić information content (AvgIpc) is 3.36. The van der Waals surface area contributed by atoms with Crippen molar-refractivity contribution in [2.75, 3.05) is 13.2 Å². The van der Waals surface area contributed by atoms with E-state index in [9.17, 15) is 22.8 Å². The summed E-state index contributed by atoms with van der Waals surface area (Å²) in [5.74, 6) is -0.326. The Balaban J connectivity index is 1.70. The molecule has 0 spiro atoms. The summed E-state index contributed by atoms with van der Waals surface area (Å²) >= 11 is 0.900. The normalized spacial score (nSPS) is 14.9. The van der Waals surface area contributed by atoms with E-state index in [-0.39, 0.29) is 27.8 Å². The molecule has 0 atom stereocenters. The minimum absolute atomic E-state index is 0.0820. The Hall–Kier alpha value is -3.37. The van der Waals surface area contributed by atoms with Gasteiger partial charge >= 0.3 is 6.18 Å². The van der Waals surface area contributed by atoms with Gasteiger partial charge in [-0.15, -0.1) is 11.3 Å². The number of rotatable bonds is 4. The summed E-state index contributed by atoms with van der Waals surface area (Å²) in [4.78, 5) is 33.8. The number of ether oxygens (including phenoxy) is 1. The number of hydrogen-bond donors (Lipinski definition) is 0. The van der Waals surface area contributed by atoms with Gasteiger partial charge in [-0.25, -0.2) is 4.98 Å². The molecule has 36 heavy (non-hydrogen) atoms. The van der Waals surface area contributed by atoms with Crippen LogP contribution < -0.4 is 5.43 Å². The number of halogens is 3. The fourth-order valence-electron chi connectivity index (χ4n) is 4.53. The smallest absolute Gasteiger partial charge is 0.381 e. The van der Waals surface area contributed by atoms with Crippen molar-refractivity contribution in [1.29, 1.82) is 0 Å². The number of Topliss-reactive ketones (excluding diaryl/α,β-unsaturated/α-hetero) is 1. The van der Waals surface area contributed by atoms with Gasteiger partial charge in [0.15, 0.2) is 16.9 Å². The van der Waals surface area contributed by atoms with Crippen LogP contribution in [-0.4, -0.2) is 33.5 Å². The van der Waals surface area contributed by atoms with Crippen molar-refractivity contribution in [2.45, 2.75) is 38.9 Å². The molecule has 1 aliphatic heterocycles. The zero-order valence-electron chi connectivity index (χ0n) is 19.6. The summed E-state index contributed by atoms with van der Waals surface area (Å²) in [6.45, 7) is 4.30. The van der Waals surface area contributed by atoms with E-state index in [0.29, 0.717) is 46.5 Å². The van der Waals surface area contributed by atoms with Gasteiger partial charge in [-0.3, -0.25) is 14.6 Å². The van der Waals surface area contributed by atoms with Crippen molar-refractivity contribution in [3.05, 3.63) is 69.2 Å². The predicted molar refractivity (Wildman–Crippen MR) is 131 cm³/mol. The highest BCUT2D eigenvalue weighted by molar-refractivity contribution is 7.13. The van der Waals surface area contributed by atoms with Gasteiger partial charge < -0.3 is 9.30 Å². The summed E-state index contributed by atoms with van der Waals surface area (Å²) in [6, 6.07) is 7.09. The number of pyridine rings is 2. The second kappa shape index (κ2) is 9.25. The molecule has 0 radical (unpaired) electrons. The Bertz CT molecular complexity index is 1540. The Morgan fingerprint density at radius 3 is 2.58 bits per heavy atom. The molecule has 1 fully saturated rings. The van der Waals surface area contributed by atoms with Crippen molar-refractivity contribution in [1.82, 2.24) is 14.5 Å². The third-order valence-corrected chi connectivity index (χ3v) is 7.25. The van der Waals surface area contributed by atoms with Crippen molar-refractivity contribution in [2.24, 2.45) is 0 Å².